The second-order valence-corrected chi connectivity index (χ2v) is 5.81. The SMILES string of the molecule is COc1cc(C(N)C2CC3CC3C2)ccc1Cl. The van der Waals surface area contributed by atoms with Gasteiger partial charge in [-0.3, -0.25) is 0 Å². The number of benzene rings is 1. The van der Waals surface area contributed by atoms with Crippen molar-refractivity contribution < 1.29 is 4.74 Å². The quantitative estimate of drug-likeness (QED) is 0.894. The van der Waals surface area contributed by atoms with Gasteiger partial charge in [0.2, 0.25) is 0 Å². The first-order valence-electron chi connectivity index (χ1n) is 6.28. The number of hydrogen-bond donors (Lipinski definition) is 1. The van der Waals surface area contributed by atoms with Gasteiger partial charge in [-0.15, -0.1) is 0 Å². The van der Waals surface area contributed by atoms with Gasteiger partial charge in [-0.05, 0) is 54.7 Å². The molecule has 2 aliphatic rings. The molecule has 0 radical (unpaired) electrons. The van der Waals surface area contributed by atoms with Gasteiger partial charge < -0.3 is 10.5 Å². The summed E-state index contributed by atoms with van der Waals surface area (Å²) < 4.78 is 5.24. The van der Waals surface area contributed by atoms with Gasteiger partial charge in [0.1, 0.15) is 5.75 Å². The maximum atomic E-state index is 6.36. The van der Waals surface area contributed by atoms with Gasteiger partial charge in [0.15, 0.2) is 0 Å². The minimum absolute atomic E-state index is 0.133. The molecule has 2 saturated carbocycles. The summed E-state index contributed by atoms with van der Waals surface area (Å²) in [5, 5.41) is 0.651. The van der Waals surface area contributed by atoms with E-state index in [4.69, 9.17) is 22.1 Å². The lowest BCUT2D eigenvalue weighted by Crippen LogP contribution is -2.20. The number of rotatable bonds is 3. The van der Waals surface area contributed by atoms with Crippen molar-refractivity contribution in [3.8, 4) is 5.75 Å². The predicted molar refractivity (Wildman–Crippen MR) is 69.3 cm³/mol. The molecule has 0 amide bonds. The molecule has 3 heteroatoms. The van der Waals surface area contributed by atoms with Gasteiger partial charge in [-0.2, -0.15) is 0 Å². The lowest BCUT2D eigenvalue weighted by atomic mass is 9.90. The third kappa shape index (κ3) is 2.04. The summed E-state index contributed by atoms with van der Waals surface area (Å²) in [6, 6.07) is 6.02. The van der Waals surface area contributed by atoms with Gasteiger partial charge in [0, 0.05) is 6.04 Å². The largest absolute Gasteiger partial charge is 0.495 e. The molecule has 1 aromatic rings. The van der Waals surface area contributed by atoms with Crippen molar-refractivity contribution in [2.75, 3.05) is 7.11 Å². The Morgan fingerprint density at radius 2 is 2.00 bits per heavy atom. The molecule has 0 heterocycles. The second-order valence-electron chi connectivity index (χ2n) is 5.41. The zero-order chi connectivity index (χ0) is 12.0. The average molecular weight is 252 g/mol. The maximum Gasteiger partial charge on any atom is 0.137 e. The third-order valence-electron chi connectivity index (χ3n) is 4.35. The highest BCUT2D eigenvalue weighted by Crippen LogP contribution is 2.56. The lowest BCUT2D eigenvalue weighted by molar-refractivity contribution is 0.396. The predicted octanol–water partition coefficient (Wildman–Crippen LogP) is 3.39. The minimum atomic E-state index is 0.133. The van der Waals surface area contributed by atoms with Crippen molar-refractivity contribution in [2.45, 2.75) is 25.3 Å². The Bertz CT molecular complexity index is 424. The molecule has 3 atom stereocenters. The average Bonchev–Trinajstić information content (AvgIpc) is 2.96. The number of nitrogens with two attached hydrogens (primary N) is 1. The molecule has 1 aromatic carbocycles. The standard InChI is InChI=1S/C14H18ClNO/c1-17-13-7-8(2-3-12(13)15)14(16)11-5-9-4-10(9)6-11/h2-3,7,9-11,14H,4-6,16H2,1H3. The molecule has 2 fully saturated rings. The van der Waals surface area contributed by atoms with Crippen LogP contribution in [-0.2, 0) is 0 Å². The minimum Gasteiger partial charge on any atom is -0.495 e. The van der Waals surface area contributed by atoms with E-state index in [0.29, 0.717) is 10.9 Å². The van der Waals surface area contributed by atoms with Gasteiger partial charge >= 0.3 is 0 Å². The Morgan fingerprint density at radius 1 is 1.29 bits per heavy atom. The van der Waals surface area contributed by atoms with E-state index in [0.717, 1.165) is 23.1 Å². The van der Waals surface area contributed by atoms with Crippen LogP contribution in [0.2, 0.25) is 5.02 Å². The van der Waals surface area contributed by atoms with Crippen molar-refractivity contribution in [1.29, 1.82) is 0 Å². The zero-order valence-corrected chi connectivity index (χ0v) is 10.8. The maximum absolute atomic E-state index is 6.36. The molecular weight excluding hydrogens is 234 g/mol. The molecule has 0 bridgehead atoms. The Labute approximate surface area is 107 Å². The number of fused-ring (bicyclic) bond motifs is 1. The number of hydrogen-bond acceptors (Lipinski definition) is 2. The Hall–Kier alpha value is -0.730. The molecule has 92 valence electrons. The van der Waals surface area contributed by atoms with Crippen molar-refractivity contribution in [2.24, 2.45) is 23.5 Å². The van der Waals surface area contributed by atoms with Crippen LogP contribution in [0.15, 0.2) is 18.2 Å². The highest BCUT2D eigenvalue weighted by atomic mass is 35.5. The van der Waals surface area contributed by atoms with Crippen molar-refractivity contribution in [3.05, 3.63) is 28.8 Å². The summed E-state index contributed by atoms with van der Waals surface area (Å²) in [6.45, 7) is 0. The Kier molecular flexibility index (Phi) is 2.80. The molecule has 3 unspecified atom stereocenters. The van der Waals surface area contributed by atoms with Crippen molar-refractivity contribution >= 4 is 11.6 Å². The molecule has 2 nitrogen and oxygen atoms in total. The molecule has 0 aliphatic heterocycles. The third-order valence-corrected chi connectivity index (χ3v) is 4.66. The molecule has 0 spiro atoms. The van der Waals surface area contributed by atoms with Crippen LogP contribution in [0.3, 0.4) is 0 Å². The summed E-state index contributed by atoms with van der Waals surface area (Å²) in [5.74, 6) is 3.31. The van der Waals surface area contributed by atoms with Gasteiger partial charge in [-0.25, -0.2) is 0 Å². The van der Waals surface area contributed by atoms with Gasteiger partial charge in [-0.1, -0.05) is 17.7 Å². The molecule has 17 heavy (non-hydrogen) atoms. The van der Waals surface area contributed by atoms with E-state index in [-0.39, 0.29) is 6.04 Å². The fourth-order valence-corrected chi connectivity index (χ4v) is 3.41. The fourth-order valence-electron chi connectivity index (χ4n) is 3.21. The molecular formula is C14H18ClNO. The van der Waals surface area contributed by atoms with Crippen molar-refractivity contribution in [3.63, 3.8) is 0 Å². The zero-order valence-electron chi connectivity index (χ0n) is 10.0. The van der Waals surface area contributed by atoms with Crippen LogP contribution in [0, 0.1) is 17.8 Å². The summed E-state index contributed by atoms with van der Waals surface area (Å²) in [4.78, 5) is 0. The highest BCUT2D eigenvalue weighted by molar-refractivity contribution is 6.32. The number of ether oxygens (including phenoxy) is 1. The van der Waals surface area contributed by atoms with Crippen LogP contribution in [0.1, 0.15) is 30.9 Å². The van der Waals surface area contributed by atoms with Gasteiger partial charge in [0.25, 0.3) is 0 Å². The molecule has 2 aliphatic carbocycles. The second kappa shape index (κ2) is 4.18. The van der Waals surface area contributed by atoms with Crippen LogP contribution in [0.4, 0.5) is 0 Å². The first-order valence-corrected chi connectivity index (χ1v) is 6.66. The summed E-state index contributed by atoms with van der Waals surface area (Å²) in [7, 11) is 1.64. The summed E-state index contributed by atoms with van der Waals surface area (Å²) >= 11 is 6.03. The summed E-state index contributed by atoms with van der Waals surface area (Å²) in [5.41, 5.74) is 7.51. The monoisotopic (exact) mass is 251 g/mol. The highest BCUT2D eigenvalue weighted by Gasteiger charge is 2.47. The smallest absolute Gasteiger partial charge is 0.137 e. The summed E-state index contributed by atoms with van der Waals surface area (Å²) in [6.07, 6.45) is 4.04. The van der Waals surface area contributed by atoms with E-state index in [1.165, 1.54) is 19.3 Å². The van der Waals surface area contributed by atoms with Crippen LogP contribution >= 0.6 is 11.6 Å². The van der Waals surface area contributed by atoms with Crippen LogP contribution in [0.25, 0.3) is 0 Å². The lowest BCUT2D eigenvalue weighted by Gasteiger charge is -2.21. The molecule has 2 N–H and O–H groups in total. The van der Waals surface area contributed by atoms with E-state index in [9.17, 15) is 0 Å². The van der Waals surface area contributed by atoms with E-state index in [2.05, 4.69) is 0 Å². The fraction of sp³-hybridized carbons (Fsp3) is 0.571. The first kappa shape index (κ1) is 11.4. The molecule has 3 rings (SSSR count). The van der Waals surface area contributed by atoms with E-state index >= 15 is 0 Å². The number of methoxy groups -OCH3 is 1. The van der Waals surface area contributed by atoms with Crippen molar-refractivity contribution in [1.82, 2.24) is 0 Å². The molecule has 0 aromatic heterocycles. The van der Waals surface area contributed by atoms with Crippen LogP contribution in [0.5, 0.6) is 5.75 Å². The Morgan fingerprint density at radius 3 is 2.65 bits per heavy atom. The van der Waals surface area contributed by atoms with E-state index < -0.39 is 0 Å². The first-order chi connectivity index (χ1) is 8.19. The van der Waals surface area contributed by atoms with Gasteiger partial charge in [0.05, 0.1) is 12.1 Å². The topological polar surface area (TPSA) is 35.2 Å². The van der Waals surface area contributed by atoms with E-state index in [1.54, 1.807) is 7.11 Å². The van der Waals surface area contributed by atoms with E-state index in [1.807, 2.05) is 18.2 Å². The normalized spacial score (nSPS) is 32.1. The van der Waals surface area contributed by atoms with Crippen LogP contribution in [-0.4, -0.2) is 7.11 Å². The van der Waals surface area contributed by atoms with Crippen LogP contribution < -0.4 is 10.5 Å². The molecule has 0 saturated heterocycles. The Balaban J connectivity index is 1.78. The number of halogens is 1.